The van der Waals surface area contributed by atoms with E-state index >= 15 is 0 Å². The fourth-order valence-corrected chi connectivity index (χ4v) is 2.50. The maximum absolute atomic E-state index is 13.0. The monoisotopic (exact) mass is 397 g/mol. The zero-order chi connectivity index (χ0) is 18.8. The molecule has 0 bridgehead atoms. The molecule has 2 aromatic carbocycles. The maximum Gasteiger partial charge on any atom is 0.166 e. The number of nitrogens with one attached hydrogen (secondary N) is 1. The molecule has 0 fully saturated rings. The van der Waals surface area contributed by atoms with Crippen LogP contribution in [0.3, 0.4) is 0 Å². The lowest BCUT2D eigenvalue weighted by atomic mass is 10.1. The topological polar surface area (TPSA) is 39.7 Å². The van der Waals surface area contributed by atoms with Crippen LogP contribution in [0.25, 0.3) is 0 Å². The van der Waals surface area contributed by atoms with Gasteiger partial charge in [-0.15, -0.1) is 12.4 Å². The molecule has 150 valence electrons. The number of para-hydroxylation sites is 1. The van der Waals surface area contributed by atoms with E-state index < -0.39 is 0 Å². The van der Waals surface area contributed by atoms with Crippen LogP contribution < -0.4 is 14.8 Å². The fourth-order valence-electron chi connectivity index (χ4n) is 2.50. The summed E-state index contributed by atoms with van der Waals surface area (Å²) in [4.78, 5) is 0. The molecule has 0 aliphatic rings. The van der Waals surface area contributed by atoms with Crippen molar-refractivity contribution in [1.29, 1.82) is 0 Å². The second-order valence-corrected chi connectivity index (χ2v) is 6.31. The SMILES string of the molecule is COc1cccc(CNCCCOC(C)C)c1OCc1ccc(F)cc1.Cl. The van der Waals surface area contributed by atoms with Gasteiger partial charge in [-0.1, -0.05) is 24.3 Å². The van der Waals surface area contributed by atoms with Crippen LogP contribution in [-0.2, 0) is 17.9 Å². The number of halogens is 2. The van der Waals surface area contributed by atoms with Crippen LogP contribution in [0.1, 0.15) is 31.4 Å². The maximum atomic E-state index is 13.0. The second kappa shape index (κ2) is 12.5. The van der Waals surface area contributed by atoms with Crippen LogP contribution in [0.4, 0.5) is 4.39 Å². The highest BCUT2D eigenvalue weighted by Gasteiger charge is 2.11. The van der Waals surface area contributed by atoms with Crippen LogP contribution in [0.2, 0.25) is 0 Å². The first kappa shape index (κ1) is 23.2. The predicted octanol–water partition coefficient (Wildman–Crippen LogP) is 4.74. The number of rotatable bonds is 11. The molecule has 4 nitrogen and oxygen atoms in total. The summed E-state index contributed by atoms with van der Waals surface area (Å²) in [7, 11) is 1.63. The number of methoxy groups -OCH3 is 1. The van der Waals surface area contributed by atoms with Gasteiger partial charge in [0.05, 0.1) is 13.2 Å². The Hall–Kier alpha value is -1.82. The lowest BCUT2D eigenvalue weighted by Gasteiger charge is -2.16. The van der Waals surface area contributed by atoms with Crippen LogP contribution in [0, 0.1) is 5.82 Å². The van der Waals surface area contributed by atoms with Crippen molar-refractivity contribution >= 4 is 12.4 Å². The standard InChI is InChI=1S/C21H28FNO3.ClH/c1-16(2)25-13-5-12-23-14-18-6-4-7-20(24-3)21(18)26-15-17-8-10-19(22)11-9-17;/h4,6-11,16,23H,5,12-15H2,1-3H3;1H. The molecular weight excluding hydrogens is 369 g/mol. The minimum absolute atomic E-state index is 0. The molecule has 0 atom stereocenters. The first-order valence-electron chi connectivity index (χ1n) is 8.95. The molecule has 0 spiro atoms. The van der Waals surface area contributed by atoms with Crippen molar-refractivity contribution in [2.45, 2.75) is 39.5 Å². The molecule has 2 aromatic rings. The molecule has 0 unspecified atom stereocenters. The highest BCUT2D eigenvalue weighted by Crippen LogP contribution is 2.31. The highest BCUT2D eigenvalue weighted by atomic mass is 35.5. The van der Waals surface area contributed by atoms with Crippen molar-refractivity contribution in [3.63, 3.8) is 0 Å². The van der Waals surface area contributed by atoms with Crippen LogP contribution >= 0.6 is 12.4 Å². The van der Waals surface area contributed by atoms with E-state index in [0.717, 1.165) is 30.7 Å². The zero-order valence-corrected chi connectivity index (χ0v) is 17.0. The Bertz CT molecular complexity index is 665. The van der Waals surface area contributed by atoms with Gasteiger partial charge in [0.2, 0.25) is 0 Å². The van der Waals surface area contributed by atoms with Gasteiger partial charge in [0.15, 0.2) is 11.5 Å². The molecule has 2 rings (SSSR count). The Kier molecular flexibility index (Phi) is 10.8. The molecule has 0 saturated heterocycles. The summed E-state index contributed by atoms with van der Waals surface area (Å²) in [6.45, 7) is 6.72. The molecule has 0 aromatic heterocycles. The third kappa shape index (κ3) is 8.16. The highest BCUT2D eigenvalue weighted by molar-refractivity contribution is 5.85. The van der Waals surface area contributed by atoms with E-state index in [-0.39, 0.29) is 24.3 Å². The van der Waals surface area contributed by atoms with Crippen molar-refractivity contribution < 1.29 is 18.6 Å². The Balaban J connectivity index is 0.00000364. The van der Waals surface area contributed by atoms with Crippen molar-refractivity contribution in [3.8, 4) is 11.5 Å². The Labute approximate surface area is 167 Å². The average Bonchev–Trinajstić information content (AvgIpc) is 2.64. The molecule has 0 aliphatic carbocycles. The van der Waals surface area contributed by atoms with Crippen molar-refractivity contribution in [1.82, 2.24) is 5.32 Å². The van der Waals surface area contributed by atoms with E-state index in [2.05, 4.69) is 5.32 Å². The van der Waals surface area contributed by atoms with Gasteiger partial charge < -0.3 is 19.5 Å². The number of hydrogen-bond acceptors (Lipinski definition) is 4. The quantitative estimate of drug-likeness (QED) is 0.556. The lowest BCUT2D eigenvalue weighted by Crippen LogP contribution is -2.18. The minimum atomic E-state index is -0.252. The Morgan fingerprint density at radius 3 is 2.48 bits per heavy atom. The van der Waals surface area contributed by atoms with Gasteiger partial charge in [0.25, 0.3) is 0 Å². The number of hydrogen-bond donors (Lipinski definition) is 1. The van der Waals surface area contributed by atoms with Crippen LogP contribution in [-0.4, -0.2) is 26.4 Å². The minimum Gasteiger partial charge on any atom is -0.493 e. The molecule has 0 heterocycles. The lowest BCUT2D eigenvalue weighted by molar-refractivity contribution is 0.0770. The predicted molar refractivity (Wildman–Crippen MR) is 108 cm³/mol. The smallest absolute Gasteiger partial charge is 0.166 e. The first-order chi connectivity index (χ1) is 12.6. The van der Waals surface area contributed by atoms with Crippen LogP contribution in [0.15, 0.2) is 42.5 Å². The van der Waals surface area contributed by atoms with Gasteiger partial charge >= 0.3 is 0 Å². The summed E-state index contributed by atoms with van der Waals surface area (Å²) in [5.74, 6) is 1.15. The molecule has 0 radical (unpaired) electrons. The van der Waals surface area contributed by atoms with Gasteiger partial charge in [-0.2, -0.15) is 0 Å². The summed E-state index contributed by atoms with van der Waals surface area (Å²) in [6.07, 6.45) is 1.22. The van der Waals surface area contributed by atoms with Crippen LogP contribution in [0.5, 0.6) is 11.5 Å². The molecule has 27 heavy (non-hydrogen) atoms. The van der Waals surface area contributed by atoms with E-state index in [1.165, 1.54) is 12.1 Å². The van der Waals surface area contributed by atoms with Gasteiger partial charge in [0, 0.05) is 18.7 Å². The molecule has 6 heteroatoms. The van der Waals surface area contributed by atoms with Crippen molar-refractivity contribution in [2.24, 2.45) is 0 Å². The van der Waals surface area contributed by atoms with E-state index in [1.807, 2.05) is 32.0 Å². The average molecular weight is 398 g/mol. The fraction of sp³-hybridized carbons (Fsp3) is 0.429. The van der Waals surface area contributed by atoms with Gasteiger partial charge in [0.1, 0.15) is 12.4 Å². The van der Waals surface area contributed by atoms with Gasteiger partial charge in [-0.25, -0.2) is 4.39 Å². The normalized spacial score (nSPS) is 10.6. The second-order valence-electron chi connectivity index (χ2n) is 6.31. The molecular formula is C21H29ClFNO3. The van der Waals surface area contributed by atoms with E-state index in [9.17, 15) is 4.39 Å². The first-order valence-corrected chi connectivity index (χ1v) is 8.95. The Morgan fingerprint density at radius 2 is 1.81 bits per heavy atom. The molecule has 0 aliphatic heterocycles. The van der Waals surface area contributed by atoms with Crippen molar-refractivity contribution in [2.75, 3.05) is 20.3 Å². The van der Waals surface area contributed by atoms with Crippen molar-refractivity contribution in [3.05, 3.63) is 59.4 Å². The summed E-state index contributed by atoms with van der Waals surface area (Å²) in [5.41, 5.74) is 1.93. The van der Waals surface area contributed by atoms with E-state index in [4.69, 9.17) is 14.2 Å². The number of benzene rings is 2. The summed E-state index contributed by atoms with van der Waals surface area (Å²) in [6, 6.07) is 12.1. The van der Waals surface area contributed by atoms with Gasteiger partial charge in [-0.05, 0) is 50.6 Å². The van der Waals surface area contributed by atoms with E-state index in [1.54, 1.807) is 19.2 Å². The third-order valence-corrected chi connectivity index (χ3v) is 3.84. The molecule has 0 saturated carbocycles. The number of ether oxygens (including phenoxy) is 3. The van der Waals surface area contributed by atoms with Gasteiger partial charge in [-0.3, -0.25) is 0 Å². The summed E-state index contributed by atoms with van der Waals surface area (Å²) >= 11 is 0. The zero-order valence-electron chi connectivity index (χ0n) is 16.2. The summed E-state index contributed by atoms with van der Waals surface area (Å²) < 4.78 is 30.0. The summed E-state index contributed by atoms with van der Waals surface area (Å²) in [5, 5.41) is 3.41. The largest absolute Gasteiger partial charge is 0.493 e. The molecule has 1 N–H and O–H groups in total. The Morgan fingerprint density at radius 1 is 1.07 bits per heavy atom. The van der Waals surface area contributed by atoms with E-state index in [0.29, 0.717) is 24.7 Å². The third-order valence-electron chi connectivity index (χ3n) is 3.84. The molecule has 0 amide bonds.